The molecule has 0 bridgehead atoms. The Balaban J connectivity index is 2.15. The van der Waals surface area contributed by atoms with E-state index < -0.39 is 0 Å². The average molecular weight is 124 g/mol. The Kier molecular flexibility index (Phi) is 2.90. The highest BCUT2D eigenvalue weighted by Crippen LogP contribution is 1.99. The van der Waals surface area contributed by atoms with Crippen molar-refractivity contribution in [2.75, 3.05) is 0 Å². The maximum atomic E-state index is 5.00. The number of hydrogen-bond acceptors (Lipinski definition) is 3. The third-order valence-electron chi connectivity index (χ3n) is 1.03. The Labute approximate surface area is 56.1 Å². The van der Waals surface area contributed by atoms with Crippen molar-refractivity contribution in [1.29, 1.82) is 0 Å². The van der Waals surface area contributed by atoms with Gasteiger partial charge in [-0.2, -0.15) is 0 Å². The summed E-state index contributed by atoms with van der Waals surface area (Å²) in [4.78, 5) is 0. The summed E-state index contributed by atoms with van der Waals surface area (Å²) in [6.45, 7) is 3.55. The molecule has 0 aromatic rings. The summed E-state index contributed by atoms with van der Waals surface area (Å²) < 4.78 is 14.8. The molecule has 0 N–H and O–H groups in total. The minimum absolute atomic E-state index is 0.142. The summed E-state index contributed by atoms with van der Waals surface area (Å²) >= 11 is 0. The van der Waals surface area contributed by atoms with Gasteiger partial charge in [0, 0.05) is 0 Å². The quantitative estimate of drug-likeness (QED) is 0.358. The number of hydrogen-bond donors (Lipinski definition) is 0. The van der Waals surface area contributed by atoms with Gasteiger partial charge in [0.2, 0.25) is 0 Å². The zero-order valence-corrected chi connectivity index (χ0v) is 5.21. The predicted molar refractivity (Wildman–Crippen MR) is 38.3 cm³/mol. The van der Waals surface area contributed by atoms with Crippen molar-refractivity contribution in [2.45, 2.75) is 6.32 Å². The van der Waals surface area contributed by atoms with E-state index in [0.29, 0.717) is 15.4 Å². The van der Waals surface area contributed by atoms with Crippen LogP contribution >= 0.6 is 0 Å². The first-order valence-corrected chi connectivity index (χ1v) is 2.85. The van der Waals surface area contributed by atoms with E-state index in [0.717, 1.165) is 6.32 Å². The second-order valence-corrected chi connectivity index (χ2v) is 1.73. The van der Waals surface area contributed by atoms with Crippen molar-refractivity contribution in [3.63, 3.8) is 0 Å². The van der Waals surface area contributed by atoms with Crippen LogP contribution in [0.3, 0.4) is 0 Å². The lowest BCUT2D eigenvalue weighted by molar-refractivity contribution is 0.325. The van der Waals surface area contributed by atoms with Gasteiger partial charge in [-0.15, -0.1) is 6.58 Å². The van der Waals surface area contributed by atoms with Gasteiger partial charge in [-0.25, -0.2) is 0 Å². The van der Waals surface area contributed by atoms with Gasteiger partial charge >= 0.3 is 22.5 Å². The molecule has 46 valence electrons. The van der Waals surface area contributed by atoms with Crippen LogP contribution in [0.25, 0.3) is 0 Å². The van der Waals surface area contributed by atoms with E-state index in [1.807, 2.05) is 0 Å². The predicted octanol–water partition coefficient (Wildman–Crippen LogP) is -0.743. The molecule has 1 fully saturated rings. The smallest absolute Gasteiger partial charge is 0.433 e. The van der Waals surface area contributed by atoms with Crippen LogP contribution in [0.15, 0.2) is 12.7 Å². The van der Waals surface area contributed by atoms with E-state index in [9.17, 15) is 0 Å². The van der Waals surface area contributed by atoms with E-state index in [2.05, 4.69) is 6.58 Å². The maximum absolute atomic E-state index is 5.00. The van der Waals surface area contributed by atoms with Gasteiger partial charge in [-0.3, -0.25) is 0 Å². The summed E-state index contributed by atoms with van der Waals surface area (Å²) in [6, 6.07) is 0. The molecule has 1 saturated heterocycles. The highest BCUT2D eigenvalue weighted by atomic mass is 16.7. The van der Waals surface area contributed by atoms with Crippen molar-refractivity contribution in [1.82, 2.24) is 0 Å². The first kappa shape index (κ1) is 6.93. The van der Waals surface area contributed by atoms with Crippen LogP contribution in [-0.2, 0) is 13.7 Å². The van der Waals surface area contributed by atoms with Gasteiger partial charge in [0.15, 0.2) is 0 Å². The second-order valence-electron chi connectivity index (χ2n) is 1.73. The SMILES string of the molecule is C=CCB1OBOBO1. The Hall–Kier alpha value is -0.185. The van der Waals surface area contributed by atoms with Crippen LogP contribution in [0.2, 0.25) is 6.32 Å². The first-order valence-electron chi connectivity index (χ1n) is 2.85. The Morgan fingerprint density at radius 2 is 2.11 bits per heavy atom. The highest BCUT2D eigenvalue weighted by molar-refractivity contribution is 6.61. The molecule has 0 aliphatic carbocycles. The van der Waals surface area contributed by atoms with E-state index >= 15 is 0 Å². The third kappa shape index (κ3) is 2.26. The highest BCUT2D eigenvalue weighted by Gasteiger charge is 2.20. The summed E-state index contributed by atoms with van der Waals surface area (Å²) in [7, 11) is 0.521. The van der Waals surface area contributed by atoms with Crippen molar-refractivity contribution in [3.05, 3.63) is 12.7 Å². The summed E-state index contributed by atoms with van der Waals surface area (Å²) in [5.41, 5.74) is 0. The van der Waals surface area contributed by atoms with E-state index in [4.69, 9.17) is 13.7 Å². The van der Waals surface area contributed by atoms with Crippen LogP contribution in [-0.4, -0.2) is 22.5 Å². The van der Waals surface area contributed by atoms with Crippen LogP contribution in [0, 0.1) is 0 Å². The van der Waals surface area contributed by atoms with E-state index in [1.165, 1.54) is 0 Å². The largest absolute Gasteiger partial charge is 0.458 e. The van der Waals surface area contributed by atoms with E-state index in [1.54, 1.807) is 6.08 Å². The molecule has 0 saturated carbocycles. The fourth-order valence-electron chi connectivity index (χ4n) is 0.602. The van der Waals surface area contributed by atoms with Crippen molar-refractivity contribution in [2.24, 2.45) is 0 Å². The molecule has 1 aliphatic rings. The average Bonchev–Trinajstić information content (AvgIpc) is 1.91. The fourth-order valence-corrected chi connectivity index (χ4v) is 0.602. The molecule has 0 atom stereocenters. The molecule has 1 aliphatic heterocycles. The number of rotatable bonds is 2. The number of allylic oxidation sites excluding steroid dienone is 1. The van der Waals surface area contributed by atoms with Gasteiger partial charge in [0.25, 0.3) is 0 Å². The zero-order valence-electron chi connectivity index (χ0n) is 5.21. The van der Waals surface area contributed by atoms with Gasteiger partial charge in [0.1, 0.15) is 0 Å². The Bertz CT molecular complexity index is 92.3. The molecule has 0 amide bonds. The second kappa shape index (κ2) is 3.77. The lowest BCUT2D eigenvalue weighted by Crippen LogP contribution is -2.34. The molecule has 0 radical (unpaired) electrons. The molecular weight excluding hydrogens is 116 g/mol. The molecule has 0 aromatic heterocycles. The first-order chi connectivity index (χ1) is 4.43. The molecule has 0 spiro atoms. The molecule has 0 unspecified atom stereocenters. The molecule has 0 aromatic carbocycles. The molecule has 1 rings (SSSR count). The Morgan fingerprint density at radius 3 is 2.67 bits per heavy atom. The minimum atomic E-state index is -0.142. The van der Waals surface area contributed by atoms with Crippen LogP contribution < -0.4 is 0 Å². The maximum Gasteiger partial charge on any atom is 0.433 e. The third-order valence-corrected chi connectivity index (χ3v) is 1.03. The standard InChI is InChI=1S/C3H7B3O3/c1-2-3-6-8-4-7-5-9-6/h2,4-5H,1,3H2. The van der Waals surface area contributed by atoms with Gasteiger partial charge in [-0.1, -0.05) is 6.08 Å². The normalized spacial score (nSPS) is 18.0. The topological polar surface area (TPSA) is 27.7 Å². The lowest BCUT2D eigenvalue weighted by Gasteiger charge is -2.17. The minimum Gasteiger partial charge on any atom is -0.458 e. The molecular formula is C3H7B3O3. The van der Waals surface area contributed by atoms with Gasteiger partial charge in [0.05, 0.1) is 0 Å². The van der Waals surface area contributed by atoms with Crippen LogP contribution in [0.4, 0.5) is 0 Å². The van der Waals surface area contributed by atoms with E-state index in [-0.39, 0.29) is 7.12 Å². The molecule has 6 heteroatoms. The van der Waals surface area contributed by atoms with Crippen molar-refractivity contribution < 1.29 is 13.7 Å². The van der Waals surface area contributed by atoms with Gasteiger partial charge < -0.3 is 13.7 Å². The molecule has 9 heavy (non-hydrogen) atoms. The monoisotopic (exact) mass is 124 g/mol. The lowest BCUT2D eigenvalue weighted by atomic mass is 9.80. The summed E-state index contributed by atoms with van der Waals surface area (Å²) in [5.74, 6) is 0. The molecule has 3 nitrogen and oxygen atoms in total. The zero-order chi connectivity index (χ0) is 6.53. The van der Waals surface area contributed by atoms with Gasteiger partial charge in [-0.05, 0) is 6.32 Å². The molecule has 1 heterocycles. The Morgan fingerprint density at radius 1 is 1.44 bits per heavy atom. The fraction of sp³-hybridized carbons (Fsp3) is 0.333. The van der Waals surface area contributed by atoms with Crippen LogP contribution in [0.1, 0.15) is 0 Å². The summed E-state index contributed by atoms with van der Waals surface area (Å²) in [6.07, 6.45) is 2.49. The van der Waals surface area contributed by atoms with Crippen molar-refractivity contribution in [3.8, 4) is 0 Å². The summed E-state index contributed by atoms with van der Waals surface area (Å²) in [5, 5.41) is 0. The van der Waals surface area contributed by atoms with Crippen LogP contribution in [0.5, 0.6) is 0 Å². The van der Waals surface area contributed by atoms with Crippen molar-refractivity contribution >= 4 is 22.5 Å².